The SMILES string of the molecule is O=C(Nc1cccc(Cl)c1N1CCOCC1)c1ccc(CN2CCCC2=O)cc1. The van der Waals surface area contributed by atoms with Crippen molar-refractivity contribution in [2.75, 3.05) is 43.1 Å². The molecule has 0 spiro atoms. The third-order valence-corrected chi connectivity index (χ3v) is 5.63. The van der Waals surface area contributed by atoms with Crippen molar-refractivity contribution in [1.29, 1.82) is 0 Å². The Balaban J connectivity index is 1.47. The van der Waals surface area contributed by atoms with E-state index in [1.807, 2.05) is 35.2 Å². The molecule has 2 aromatic rings. The largest absolute Gasteiger partial charge is 0.378 e. The number of anilines is 2. The van der Waals surface area contributed by atoms with Crippen LogP contribution in [0, 0.1) is 0 Å². The minimum atomic E-state index is -0.189. The van der Waals surface area contributed by atoms with E-state index in [0.29, 0.717) is 42.5 Å². The molecular formula is C22H24ClN3O3. The summed E-state index contributed by atoms with van der Waals surface area (Å²) in [6.07, 6.45) is 1.55. The second-order valence-electron chi connectivity index (χ2n) is 7.31. The van der Waals surface area contributed by atoms with E-state index in [-0.39, 0.29) is 11.8 Å². The predicted octanol–water partition coefficient (Wildman–Crippen LogP) is 3.55. The van der Waals surface area contributed by atoms with Gasteiger partial charge in [0.05, 0.1) is 29.6 Å². The molecular weight excluding hydrogens is 390 g/mol. The van der Waals surface area contributed by atoms with Gasteiger partial charge < -0.3 is 19.9 Å². The summed E-state index contributed by atoms with van der Waals surface area (Å²) in [5.41, 5.74) is 3.11. The first-order valence-corrected chi connectivity index (χ1v) is 10.3. The molecule has 0 aromatic heterocycles. The molecule has 2 saturated heterocycles. The van der Waals surface area contributed by atoms with Gasteiger partial charge in [0.1, 0.15) is 0 Å². The van der Waals surface area contributed by atoms with Crippen LogP contribution < -0.4 is 10.2 Å². The van der Waals surface area contributed by atoms with Crippen molar-refractivity contribution in [1.82, 2.24) is 4.90 Å². The maximum Gasteiger partial charge on any atom is 0.255 e. The molecule has 0 radical (unpaired) electrons. The van der Waals surface area contributed by atoms with Crippen LogP contribution >= 0.6 is 11.6 Å². The smallest absolute Gasteiger partial charge is 0.255 e. The third kappa shape index (κ3) is 4.54. The van der Waals surface area contributed by atoms with E-state index in [4.69, 9.17) is 16.3 Å². The van der Waals surface area contributed by atoms with Gasteiger partial charge in [-0.3, -0.25) is 9.59 Å². The molecule has 6 nitrogen and oxygen atoms in total. The van der Waals surface area contributed by atoms with E-state index < -0.39 is 0 Å². The summed E-state index contributed by atoms with van der Waals surface area (Å²) >= 11 is 6.44. The maximum absolute atomic E-state index is 12.8. The van der Waals surface area contributed by atoms with Gasteiger partial charge in [-0.25, -0.2) is 0 Å². The highest BCUT2D eigenvalue weighted by molar-refractivity contribution is 6.34. The minimum absolute atomic E-state index is 0.189. The van der Waals surface area contributed by atoms with Crippen LogP contribution in [0.2, 0.25) is 5.02 Å². The lowest BCUT2D eigenvalue weighted by Gasteiger charge is -2.31. The zero-order chi connectivity index (χ0) is 20.2. The van der Waals surface area contributed by atoms with Gasteiger partial charge in [0.25, 0.3) is 5.91 Å². The number of benzene rings is 2. The highest BCUT2D eigenvalue weighted by Gasteiger charge is 2.21. The fraction of sp³-hybridized carbons (Fsp3) is 0.364. The minimum Gasteiger partial charge on any atom is -0.378 e. The van der Waals surface area contributed by atoms with Crippen molar-refractivity contribution in [2.45, 2.75) is 19.4 Å². The number of para-hydroxylation sites is 1. The first kappa shape index (κ1) is 19.7. The highest BCUT2D eigenvalue weighted by Crippen LogP contribution is 2.34. The summed E-state index contributed by atoms with van der Waals surface area (Å²) in [7, 11) is 0. The van der Waals surface area contributed by atoms with E-state index in [0.717, 1.165) is 37.3 Å². The molecule has 2 amide bonds. The molecule has 2 heterocycles. The molecule has 4 rings (SSSR count). The van der Waals surface area contributed by atoms with E-state index in [9.17, 15) is 9.59 Å². The Labute approximate surface area is 175 Å². The summed E-state index contributed by atoms with van der Waals surface area (Å²) in [5, 5.41) is 3.60. The van der Waals surface area contributed by atoms with Crippen molar-refractivity contribution < 1.29 is 14.3 Å². The number of nitrogens with zero attached hydrogens (tertiary/aromatic N) is 2. The summed E-state index contributed by atoms with van der Waals surface area (Å²) < 4.78 is 5.42. The molecule has 2 aliphatic heterocycles. The lowest BCUT2D eigenvalue weighted by molar-refractivity contribution is -0.128. The van der Waals surface area contributed by atoms with Crippen molar-refractivity contribution in [3.63, 3.8) is 0 Å². The Morgan fingerprint density at radius 3 is 2.52 bits per heavy atom. The zero-order valence-electron chi connectivity index (χ0n) is 16.2. The molecule has 0 unspecified atom stereocenters. The van der Waals surface area contributed by atoms with E-state index in [1.54, 1.807) is 12.1 Å². The molecule has 0 atom stereocenters. The molecule has 7 heteroatoms. The van der Waals surface area contributed by atoms with Gasteiger partial charge in [0, 0.05) is 38.2 Å². The van der Waals surface area contributed by atoms with E-state index in [1.165, 1.54) is 0 Å². The number of halogens is 1. The molecule has 0 saturated carbocycles. The summed E-state index contributed by atoms with van der Waals surface area (Å²) in [6, 6.07) is 12.9. The number of carbonyl (C=O) groups is 2. The van der Waals surface area contributed by atoms with Crippen LogP contribution in [0.1, 0.15) is 28.8 Å². The number of hydrogen-bond acceptors (Lipinski definition) is 4. The number of nitrogens with one attached hydrogen (secondary N) is 1. The number of morpholine rings is 1. The highest BCUT2D eigenvalue weighted by atomic mass is 35.5. The van der Waals surface area contributed by atoms with Gasteiger partial charge >= 0.3 is 0 Å². The predicted molar refractivity (Wildman–Crippen MR) is 114 cm³/mol. The second-order valence-corrected chi connectivity index (χ2v) is 7.71. The molecule has 2 aromatic carbocycles. The second kappa shape index (κ2) is 8.84. The van der Waals surface area contributed by atoms with Crippen molar-refractivity contribution in [2.24, 2.45) is 0 Å². The van der Waals surface area contributed by atoms with E-state index in [2.05, 4.69) is 10.2 Å². The number of amides is 2. The Bertz CT molecular complexity index is 895. The summed E-state index contributed by atoms with van der Waals surface area (Å²) in [6.45, 7) is 4.14. The number of ether oxygens (including phenoxy) is 1. The topological polar surface area (TPSA) is 61.9 Å². The van der Waals surface area contributed by atoms with Gasteiger partial charge in [-0.15, -0.1) is 0 Å². The van der Waals surface area contributed by atoms with Crippen LogP contribution in [0.5, 0.6) is 0 Å². The number of rotatable bonds is 5. The fourth-order valence-corrected chi connectivity index (χ4v) is 4.07. The molecule has 29 heavy (non-hydrogen) atoms. The summed E-state index contributed by atoms with van der Waals surface area (Å²) in [4.78, 5) is 28.6. The Kier molecular flexibility index (Phi) is 6.02. The lowest BCUT2D eigenvalue weighted by atomic mass is 10.1. The average Bonchev–Trinajstić information content (AvgIpc) is 3.14. The van der Waals surface area contributed by atoms with Crippen LogP contribution in [0.4, 0.5) is 11.4 Å². The van der Waals surface area contributed by atoms with Gasteiger partial charge in [0.15, 0.2) is 0 Å². The third-order valence-electron chi connectivity index (χ3n) is 5.32. The first-order valence-electron chi connectivity index (χ1n) is 9.91. The normalized spacial score (nSPS) is 16.9. The van der Waals surface area contributed by atoms with Crippen LogP contribution in [0.3, 0.4) is 0 Å². The van der Waals surface area contributed by atoms with Gasteiger partial charge in [-0.1, -0.05) is 29.8 Å². The lowest BCUT2D eigenvalue weighted by Crippen LogP contribution is -2.37. The van der Waals surface area contributed by atoms with Crippen molar-refractivity contribution in [3.05, 3.63) is 58.6 Å². The van der Waals surface area contributed by atoms with Gasteiger partial charge in [0.2, 0.25) is 5.91 Å². The van der Waals surface area contributed by atoms with Crippen molar-refractivity contribution in [3.8, 4) is 0 Å². The van der Waals surface area contributed by atoms with Crippen LogP contribution in [0.15, 0.2) is 42.5 Å². The number of carbonyl (C=O) groups excluding carboxylic acids is 2. The fourth-order valence-electron chi connectivity index (χ4n) is 3.77. The molecule has 2 fully saturated rings. The van der Waals surface area contributed by atoms with Gasteiger partial charge in [-0.2, -0.15) is 0 Å². The quantitative estimate of drug-likeness (QED) is 0.814. The van der Waals surface area contributed by atoms with Crippen LogP contribution in [0.25, 0.3) is 0 Å². The van der Waals surface area contributed by atoms with Crippen LogP contribution in [-0.4, -0.2) is 49.6 Å². The molecule has 152 valence electrons. The Morgan fingerprint density at radius 2 is 1.83 bits per heavy atom. The number of likely N-dealkylation sites (tertiary alicyclic amines) is 1. The monoisotopic (exact) mass is 413 g/mol. The van der Waals surface area contributed by atoms with E-state index >= 15 is 0 Å². The van der Waals surface area contributed by atoms with Crippen LogP contribution in [-0.2, 0) is 16.1 Å². The molecule has 1 N–H and O–H groups in total. The Morgan fingerprint density at radius 1 is 1.07 bits per heavy atom. The molecule has 0 aliphatic carbocycles. The first-order chi connectivity index (χ1) is 14.1. The standard InChI is InChI=1S/C22H24ClN3O3/c23-18-3-1-4-19(21(18)25-11-13-29-14-12-25)24-22(28)17-8-6-16(7-9-17)15-26-10-2-5-20(26)27/h1,3-4,6-9H,2,5,10-15H2,(H,24,28). The average molecular weight is 414 g/mol. The Hall–Kier alpha value is -2.57. The molecule has 0 bridgehead atoms. The molecule has 2 aliphatic rings. The van der Waals surface area contributed by atoms with Crippen molar-refractivity contribution >= 4 is 34.8 Å². The number of hydrogen-bond donors (Lipinski definition) is 1. The maximum atomic E-state index is 12.8. The summed E-state index contributed by atoms with van der Waals surface area (Å²) in [5.74, 6) is 0.00833. The zero-order valence-corrected chi connectivity index (χ0v) is 17.0. The van der Waals surface area contributed by atoms with Gasteiger partial charge in [-0.05, 0) is 36.2 Å².